The van der Waals surface area contributed by atoms with E-state index in [9.17, 15) is 9.18 Å². The number of amides is 1. The summed E-state index contributed by atoms with van der Waals surface area (Å²) < 4.78 is 20.2. The minimum atomic E-state index is -0.406. The van der Waals surface area contributed by atoms with Crippen LogP contribution in [0.4, 0.5) is 10.1 Å². The minimum Gasteiger partial charge on any atom is -0.497 e. The molecular formula is C23H16BrFN2O2. The number of amidine groups is 1. The van der Waals surface area contributed by atoms with Crippen LogP contribution in [0.5, 0.6) is 5.75 Å². The first kappa shape index (κ1) is 19.1. The van der Waals surface area contributed by atoms with E-state index in [2.05, 4.69) is 20.9 Å². The van der Waals surface area contributed by atoms with Gasteiger partial charge in [0.1, 0.15) is 23.1 Å². The van der Waals surface area contributed by atoms with Crippen LogP contribution >= 0.6 is 15.9 Å². The first-order chi connectivity index (χ1) is 14.1. The zero-order valence-corrected chi connectivity index (χ0v) is 17.1. The maximum absolute atomic E-state index is 14.1. The number of benzene rings is 3. The lowest BCUT2D eigenvalue weighted by Gasteiger charge is -2.18. The molecule has 1 aliphatic rings. The molecule has 1 aliphatic heterocycles. The van der Waals surface area contributed by atoms with E-state index >= 15 is 0 Å². The Labute approximate surface area is 176 Å². The third kappa shape index (κ3) is 3.84. The van der Waals surface area contributed by atoms with Gasteiger partial charge in [0.05, 0.1) is 12.8 Å². The fraction of sp³-hybridized carbons (Fsp3) is 0.0435. The maximum Gasteiger partial charge on any atom is 0.282 e. The molecule has 0 N–H and O–H groups in total. The summed E-state index contributed by atoms with van der Waals surface area (Å²) in [6.45, 7) is 0. The lowest BCUT2D eigenvalue weighted by atomic mass is 10.1. The zero-order chi connectivity index (χ0) is 20.4. The normalized spacial score (nSPS) is 15.0. The van der Waals surface area contributed by atoms with Crippen molar-refractivity contribution in [1.82, 2.24) is 0 Å². The van der Waals surface area contributed by atoms with E-state index in [-0.39, 0.29) is 11.6 Å². The van der Waals surface area contributed by atoms with E-state index in [4.69, 9.17) is 4.74 Å². The molecule has 29 heavy (non-hydrogen) atoms. The summed E-state index contributed by atoms with van der Waals surface area (Å²) >= 11 is 3.41. The SMILES string of the molecule is COc1ccc(C2=N/C(=C/c3ccccc3F)C(=O)N2c2ccc(Br)cc2)cc1. The number of anilines is 1. The Bertz CT molecular complexity index is 1120. The molecule has 0 unspecified atom stereocenters. The van der Waals surface area contributed by atoms with Gasteiger partial charge < -0.3 is 4.74 Å². The van der Waals surface area contributed by atoms with E-state index in [0.29, 0.717) is 22.8 Å². The van der Waals surface area contributed by atoms with Crippen LogP contribution in [-0.4, -0.2) is 18.9 Å². The van der Waals surface area contributed by atoms with Gasteiger partial charge in [0.25, 0.3) is 5.91 Å². The van der Waals surface area contributed by atoms with Crippen molar-refractivity contribution < 1.29 is 13.9 Å². The molecule has 0 aliphatic carbocycles. The zero-order valence-electron chi connectivity index (χ0n) is 15.5. The van der Waals surface area contributed by atoms with E-state index in [1.807, 2.05) is 36.4 Å². The molecule has 6 heteroatoms. The van der Waals surface area contributed by atoms with Crippen LogP contribution in [0.25, 0.3) is 6.08 Å². The monoisotopic (exact) mass is 450 g/mol. The third-order valence-corrected chi connectivity index (χ3v) is 5.02. The van der Waals surface area contributed by atoms with Crippen molar-refractivity contribution in [3.63, 3.8) is 0 Å². The molecule has 0 radical (unpaired) electrons. The molecule has 1 heterocycles. The summed E-state index contributed by atoms with van der Waals surface area (Å²) in [5, 5.41) is 0. The number of rotatable bonds is 4. The standard InChI is InChI=1S/C23H16BrFN2O2/c1-29-19-12-6-15(7-13-19)22-26-21(14-16-4-2-3-5-20(16)25)23(28)27(22)18-10-8-17(24)9-11-18/h2-14H,1H3/b21-14+. The van der Waals surface area contributed by atoms with Crippen molar-refractivity contribution in [3.8, 4) is 5.75 Å². The Morgan fingerprint density at radius 3 is 2.34 bits per heavy atom. The first-order valence-electron chi connectivity index (χ1n) is 8.86. The van der Waals surface area contributed by atoms with E-state index < -0.39 is 5.82 Å². The molecule has 0 aromatic heterocycles. The van der Waals surface area contributed by atoms with Gasteiger partial charge in [-0.3, -0.25) is 9.69 Å². The van der Waals surface area contributed by atoms with Crippen LogP contribution in [0.15, 0.2) is 88.0 Å². The summed E-state index contributed by atoms with van der Waals surface area (Å²) in [6, 6.07) is 20.9. The largest absolute Gasteiger partial charge is 0.497 e. The quantitative estimate of drug-likeness (QED) is 0.497. The average molecular weight is 451 g/mol. The third-order valence-electron chi connectivity index (χ3n) is 4.49. The summed E-state index contributed by atoms with van der Waals surface area (Å²) in [5.41, 5.74) is 1.90. The fourth-order valence-electron chi connectivity index (χ4n) is 3.02. The Hall–Kier alpha value is -3.25. The molecule has 144 valence electrons. The van der Waals surface area contributed by atoms with Gasteiger partial charge in [-0.1, -0.05) is 34.1 Å². The Kier molecular flexibility index (Phi) is 5.27. The molecule has 3 aromatic carbocycles. The second kappa shape index (κ2) is 8.01. The lowest BCUT2D eigenvalue weighted by molar-refractivity contribution is -0.113. The van der Waals surface area contributed by atoms with Crippen molar-refractivity contribution in [1.29, 1.82) is 0 Å². The predicted octanol–water partition coefficient (Wildman–Crippen LogP) is 5.43. The highest BCUT2D eigenvalue weighted by Crippen LogP contribution is 2.29. The number of hydrogen-bond acceptors (Lipinski definition) is 3. The van der Waals surface area contributed by atoms with Gasteiger partial charge in [0, 0.05) is 15.6 Å². The summed E-state index contributed by atoms with van der Waals surface area (Å²) in [6.07, 6.45) is 1.47. The lowest BCUT2D eigenvalue weighted by Crippen LogP contribution is -2.32. The number of carbonyl (C=O) groups is 1. The Balaban J connectivity index is 1.82. The molecule has 0 atom stereocenters. The van der Waals surface area contributed by atoms with Crippen molar-refractivity contribution >= 4 is 39.4 Å². The molecular weight excluding hydrogens is 435 g/mol. The molecule has 1 amide bonds. The topological polar surface area (TPSA) is 41.9 Å². The summed E-state index contributed by atoms with van der Waals surface area (Å²) in [4.78, 5) is 19.3. The van der Waals surface area contributed by atoms with Crippen LogP contribution in [0, 0.1) is 5.82 Å². The summed E-state index contributed by atoms with van der Waals surface area (Å²) in [7, 11) is 1.59. The molecule has 3 aromatic rings. The van der Waals surface area contributed by atoms with Crippen LogP contribution in [-0.2, 0) is 4.79 Å². The van der Waals surface area contributed by atoms with Gasteiger partial charge in [-0.05, 0) is 60.7 Å². The van der Waals surface area contributed by atoms with Crippen molar-refractivity contribution in [2.24, 2.45) is 4.99 Å². The first-order valence-corrected chi connectivity index (χ1v) is 9.65. The van der Waals surface area contributed by atoms with Gasteiger partial charge in [-0.2, -0.15) is 0 Å². The molecule has 0 fully saturated rings. The molecule has 4 rings (SSSR count). The maximum atomic E-state index is 14.1. The Morgan fingerprint density at radius 1 is 1.00 bits per heavy atom. The van der Waals surface area contributed by atoms with E-state index in [0.717, 1.165) is 10.0 Å². The molecule has 4 nitrogen and oxygen atoms in total. The molecule has 0 spiro atoms. The van der Waals surface area contributed by atoms with Gasteiger partial charge in [-0.15, -0.1) is 0 Å². The molecule has 0 bridgehead atoms. The van der Waals surface area contributed by atoms with Crippen molar-refractivity contribution in [2.75, 3.05) is 12.0 Å². The number of halogens is 2. The van der Waals surface area contributed by atoms with Gasteiger partial charge >= 0.3 is 0 Å². The van der Waals surface area contributed by atoms with Crippen LogP contribution < -0.4 is 9.64 Å². The van der Waals surface area contributed by atoms with E-state index in [1.165, 1.54) is 17.0 Å². The van der Waals surface area contributed by atoms with Crippen molar-refractivity contribution in [3.05, 3.63) is 99.9 Å². The number of hydrogen-bond donors (Lipinski definition) is 0. The number of methoxy groups -OCH3 is 1. The number of aliphatic imine (C=N–C) groups is 1. The minimum absolute atomic E-state index is 0.170. The van der Waals surface area contributed by atoms with Crippen LogP contribution in [0.2, 0.25) is 0 Å². The second-order valence-corrected chi connectivity index (χ2v) is 7.25. The van der Waals surface area contributed by atoms with Crippen molar-refractivity contribution in [2.45, 2.75) is 0 Å². The van der Waals surface area contributed by atoms with Crippen LogP contribution in [0.3, 0.4) is 0 Å². The van der Waals surface area contributed by atoms with Gasteiger partial charge in [0.15, 0.2) is 0 Å². The van der Waals surface area contributed by atoms with Gasteiger partial charge in [-0.25, -0.2) is 9.38 Å². The van der Waals surface area contributed by atoms with Crippen LogP contribution in [0.1, 0.15) is 11.1 Å². The number of carbonyl (C=O) groups excluding carboxylic acids is 1. The second-order valence-electron chi connectivity index (χ2n) is 6.33. The highest BCUT2D eigenvalue weighted by molar-refractivity contribution is 9.10. The Morgan fingerprint density at radius 2 is 1.69 bits per heavy atom. The summed E-state index contributed by atoms with van der Waals surface area (Å²) in [5.74, 6) is 0.455. The highest BCUT2D eigenvalue weighted by Gasteiger charge is 2.32. The molecule has 0 saturated heterocycles. The fourth-order valence-corrected chi connectivity index (χ4v) is 3.28. The van der Waals surface area contributed by atoms with E-state index in [1.54, 1.807) is 37.4 Å². The number of nitrogens with zero attached hydrogens (tertiary/aromatic N) is 2. The average Bonchev–Trinajstić information content (AvgIpc) is 3.06. The number of ether oxygens (including phenoxy) is 1. The van der Waals surface area contributed by atoms with Gasteiger partial charge in [0.2, 0.25) is 0 Å². The predicted molar refractivity (Wildman–Crippen MR) is 116 cm³/mol. The highest BCUT2D eigenvalue weighted by atomic mass is 79.9. The smallest absolute Gasteiger partial charge is 0.282 e. The molecule has 0 saturated carbocycles.